The van der Waals surface area contributed by atoms with E-state index in [0.717, 1.165) is 5.69 Å². The quantitative estimate of drug-likeness (QED) is 0.602. The minimum atomic E-state index is 0.502. The predicted octanol–water partition coefficient (Wildman–Crippen LogP) is 2.78. The number of aromatic nitrogens is 2. The van der Waals surface area contributed by atoms with Gasteiger partial charge in [0.2, 0.25) is 0 Å². The van der Waals surface area contributed by atoms with Gasteiger partial charge in [0.15, 0.2) is 0 Å². The SMILES string of the molecule is Cc1cc(C)n(C2C=CCCC2)n1. The molecular weight excluding hydrogens is 160 g/mol. The summed E-state index contributed by atoms with van der Waals surface area (Å²) in [7, 11) is 0. The maximum atomic E-state index is 4.50. The van der Waals surface area contributed by atoms with E-state index in [4.69, 9.17) is 0 Å². The molecule has 1 unspecified atom stereocenters. The average molecular weight is 176 g/mol. The summed E-state index contributed by atoms with van der Waals surface area (Å²) < 4.78 is 2.14. The second kappa shape index (κ2) is 3.36. The first kappa shape index (κ1) is 8.54. The molecule has 0 bridgehead atoms. The Morgan fingerprint density at radius 2 is 2.31 bits per heavy atom. The van der Waals surface area contributed by atoms with E-state index < -0.39 is 0 Å². The molecule has 2 nitrogen and oxygen atoms in total. The fourth-order valence-electron chi connectivity index (χ4n) is 1.98. The van der Waals surface area contributed by atoms with Crippen LogP contribution in [0.4, 0.5) is 0 Å². The highest BCUT2D eigenvalue weighted by Gasteiger charge is 2.13. The predicted molar refractivity (Wildman–Crippen MR) is 53.7 cm³/mol. The monoisotopic (exact) mass is 176 g/mol. The van der Waals surface area contributed by atoms with Crippen molar-refractivity contribution in [1.82, 2.24) is 9.78 Å². The van der Waals surface area contributed by atoms with E-state index in [9.17, 15) is 0 Å². The second-order valence-corrected chi connectivity index (χ2v) is 3.80. The minimum absolute atomic E-state index is 0.502. The molecule has 1 atom stereocenters. The molecule has 0 spiro atoms. The zero-order valence-corrected chi connectivity index (χ0v) is 8.33. The van der Waals surface area contributed by atoms with Crippen LogP contribution in [0.3, 0.4) is 0 Å². The Kier molecular flexibility index (Phi) is 2.21. The fraction of sp³-hybridized carbons (Fsp3) is 0.545. The molecule has 0 amide bonds. The number of hydrogen-bond donors (Lipinski definition) is 0. The van der Waals surface area contributed by atoms with Crippen molar-refractivity contribution in [3.05, 3.63) is 29.6 Å². The lowest BCUT2D eigenvalue weighted by molar-refractivity contribution is 0.463. The van der Waals surface area contributed by atoms with Gasteiger partial charge in [-0.2, -0.15) is 5.10 Å². The molecule has 2 heteroatoms. The van der Waals surface area contributed by atoms with Crippen LogP contribution in [0.15, 0.2) is 18.2 Å². The summed E-state index contributed by atoms with van der Waals surface area (Å²) in [5, 5.41) is 4.50. The summed E-state index contributed by atoms with van der Waals surface area (Å²) in [5.74, 6) is 0. The van der Waals surface area contributed by atoms with E-state index >= 15 is 0 Å². The van der Waals surface area contributed by atoms with E-state index in [2.05, 4.69) is 41.8 Å². The molecule has 2 rings (SSSR count). The molecule has 1 aliphatic rings. The topological polar surface area (TPSA) is 17.8 Å². The maximum absolute atomic E-state index is 4.50. The number of allylic oxidation sites excluding steroid dienone is 2. The van der Waals surface area contributed by atoms with Crippen LogP contribution in [0, 0.1) is 13.8 Å². The first-order valence-corrected chi connectivity index (χ1v) is 4.97. The summed E-state index contributed by atoms with van der Waals surface area (Å²) in [5.41, 5.74) is 2.39. The Hall–Kier alpha value is -1.05. The van der Waals surface area contributed by atoms with Gasteiger partial charge in [0, 0.05) is 5.69 Å². The highest BCUT2D eigenvalue weighted by atomic mass is 15.3. The molecule has 0 fully saturated rings. The highest BCUT2D eigenvalue weighted by molar-refractivity contribution is 5.10. The van der Waals surface area contributed by atoms with Gasteiger partial charge in [0.25, 0.3) is 0 Å². The van der Waals surface area contributed by atoms with E-state index in [1.165, 1.54) is 25.0 Å². The maximum Gasteiger partial charge on any atom is 0.0702 e. The van der Waals surface area contributed by atoms with Crippen molar-refractivity contribution < 1.29 is 0 Å². The van der Waals surface area contributed by atoms with Crippen LogP contribution >= 0.6 is 0 Å². The lowest BCUT2D eigenvalue weighted by Crippen LogP contribution is -2.11. The Bertz CT molecular complexity index is 323. The second-order valence-electron chi connectivity index (χ2n) is 3.80. The molecule has 1 heterocycles. The van der Waals surface area contributed by atoms with Gasteiger partial charge in [0.1, 0.15) is 0 Å². The molecule has 13 heavy (non-hydrogen) atoms. The van der Waals surface area contributed by atoms with Gasteiger partial charge in [0.05, 0.1) is 11.7 Å². The average Bonchev–Trinajstić information content (AvgIpc) is 2.47. The smallest absolute Gasteiger partial charge is 0.0702 e. The van der Waals surface area contributed by atoms with Crippen LogP contribution in [-0.4, -0.2) is 9.78 Å². The first-order chi connectivity index (χ1) is 6.27. The number of rotatable bonds is 1. The van der Waals surface area contributed by atoms with Gasteiger partial charge >= 0.3 is 0 Å². The third-order valence-corrected chi connectivity index (χ3v) is 2.59. The van der Waals surface area contributed by atoms with Crippen molar-refractivity contribution in [2.45, 2.75) is 39.2 Å². The van der Waals surface area contributed by atoms with Crippen LogP contribution in [0.25, 0.3) is 0 Å². The standard InChI is InChI=1S/C11H16N2/c1-9-8-10(2)13(12-9)11-6-4-3-5-7-11/h4,6,8,11H,3,5,7H2,1-2H3. The lowest BCUT2D eigenvalue weighted by Gasteiger charge is -2.18. The molecule has 70 valence electrons. The van der Waals surface area contributed by atoms with Crippen LogP contribution in [0.1, 0.15) is 36.7 Å². The molecule has 0 radical (unpaired) electrons. The molecule has 0 saturated heterocycles. The van der Waals surface area contributed by atoms with Gasteiger partial charge < -0.3 is 0 Å². The largest absolute Gasteiger partial charge is 0.263 e. The molecule has 1 aromatic rings. The molecular formula is C11H16N2. The number of nitrogens with zero attached hydrogens (tertiary/aromatic N) is 2. The van der Waals surface area contributed by atoms with E-state index in [-0.39, 0.29) is 0 Å². The van der Waals surface area contributed by atoms with Gasteiger partial charge in [-0.25, -0.2) is 0 Å². The third-order valence-electron chi connectivity index (χ3n) is 2.59. The summed E-state index contributed by atoms with van der Waals surface area (Å²) in [4.78, 5) is 0. The van der Waals surface area contributed by atoms with E-state index in [1.54, 1.807) is 0 Å². The van der Waals surface area contributed by atoms with Crippen LogP contribution in [0.2, 0.25) is 0 Å². The molecule has 0 aromatic carbocycles. The Morgan fingerprint density at radius 1 is 1.46 bits per heavy atom. The molecule has 1 aromatic heterocycles. The normalized spacial score (nSPS) is 22.2. The van der Waals surface area contributed by atoms with Crippen molar-refractivity contribution in [1.29, 1.82) is 0 Å². The Balaban J connectivity index is 2.28. The van der Waals surface area contributed by atoms with Crippen LogP contribution in [0.5, 0.6) is 0 Å². The Labute approximate surface area is 79.3 Å². The van der Waals surface area contributed by atoms with Crippen molar-refractivity contribution in [2.24, 2.45) is 0 Å². The molecule has 0 aliphatic heterocycles. The lowest BCUT2D eigenvalue weighted by atomic mass is 10.0. The molecule has 0 saturated carbocycles. The number of aryl methyl sites for hydroxylation is 2. The van der Waals surface area contributed by atoms with Crippen molar-refractivity contribution >= 4 is 0 Å². The zero-order valence-electron chi connectivity index (χ0n) is 8.33. The third kappa shape index (κ3) is 1.67. The van der Waals surface area contributed by atoms with Crippen molar-refractivity contribution in [3.8, 4) is 0 Å². The van der Waals surface area contributed by atoms with Crippen molar-refractivity contribution in [3.63, 3.8) is 0 Å². The van der Waals surface area contributed by atoms with Gasteiger partial charge in [-0.3, -0.25) is 4.68 Å². The van der Waals surface area contributed by atoms with E-state index in [1.807, 2.05) is 0 Å². The van der Waals surface area contributed by atoms with Crippen LogP contribution in [-0.2, 0) is 0 Å². The summed E-state index contributed by atoms with van der Waals surface area (Å²) >= 11 is 0. The Morgan fingerprint density at radius 3 is 2.85 bits per heavy atom. The summed E-state index contributed by atoms with van der Waals surface area (Å²) in [6, 6.07) is 2.64. The van der Waals surface area contributed by atoms with E-state index in [0.29, 0.717) is 6.04 Å². The van der Waals surface area contributed by atoms with Gasteiger partial charge in [-0.15, -0.1) is 0 Å². The molecule has 0 N–H and O–H groups in total. The fourth-order valence-corrected chi connectivity index (χ4v) is 1.98. The molecule has 1 aliphatic carbocycles. The summed E-state index contributed by atoms with van der Waals surface area (Å²) in [6.45, 7) is 4.18. The first-order valence-electron chi connectivity index (χ1n) is 4.97. The highest BCUT2D eigenvalue weighted by Crippen LogP contribution is 2.23. The number of hydrogen-bond acceptors (Lipinski definition) is 1. The zero-order chi connectivity index (χ0) is 9.26. The summed E-state index contributed by atoms with van der Waals surface area (Å²) in [6.07, 6.45) is 8.31. The van der Waals surface area contributed by atoms with Gasteiger partial charge in [-0.1, -0.05) is 12.2 Å². The van der Waals surface area contributed by atoms with Crippen LogP contribution < -0.4 is 0 Å². The van der Waals surface area contributed by atoms with Gasteiger partial charge in [-0.05, 0) is 39.2 Å². The minimum Gasteiger partial charge on any atom is -0.263 e. The van der Waals surface area contributed by atoms with Crippen molar-refractivity contribution in [2.75, 3.05) is 0 Å².